The minimum Gasteiger partial charge on any atom is -0.496 e. The molecule has 0 bridgehead atoms. The smallest absolute Gasteiger partial charge is 0.304 e. The van der Waals surface area contributed by atoms with Crippen LogP contribution in [0.15, 0.2) is 18.2 Å². The van der Waals surface area contributed by atoms with Gasteiger partial charge in [-0.15, -0.1) is 0 Å². The Labute approximate surface area is 114 Å². The van der Waals surface area contributed by atoms with Gasteiger partial charge in [0.15, 0.2) is 0 Å². The number of ether oxygens (including phenoxy) is 1. The predicted molar refractivity (Wildman–Crippen MR) is 75.6 cm³/mol. The maximum atomic E-state index is 10.6. The minimum atomic E-state index is -0.864. The van der Waals surface area contributed by atoms with Crippen LogP contribution in [0.1, 0.15) is 38.3 Å². The number of hydrogen-bond donors (Lipinski definition) is 2. The number of carbonyl (C=O) groups is 1. The number of benzene rings is 1. The average Bonchev–Trinajstić information content (AvgIpc) is 2.26. The molecule has 0 aromatic heterocycles. The molecule has 0 saturated carbocycles. The van der Waals surface area contributed by atoms with Gasteiger partial charge in [0, 0.05) is 6.04 Å². The number of rotatable bonds is 5. The van der Waals surface area contributed by atoms with Gasteiger partial charge in [0.1, 0.15) is 5.75 Å². The van der Waals surface area contributed by atoms with Crippen molar-refractivity contribution in [2.24, 2.45) is 5.73 Å². The molecule has 0 aliphatic rings. The third-order valence-electron chi connectivity index (χ3n) is 3.01. The van der Waals surface area contributed by atoms with Crippen molar-refractivity contribution in [3.8, 4) is 5.75 Å². The fraction of sp³-hybridized carbons (Fsp3) is 0.533. The van der Waals surface area contributed by atoms with Gasteiger partial charge < -0.3 is 15.6 Å². The van der Waals surface area contributed by atoms with E-state index in [2.05, 4.69) is 26.8 Å². The molecular weight excluding hydrogens is 242 g/mol. The van der Waals surface area contributed by atoms with Crippen LogP contribution in [0.2, 0.25) is 0 Å². The van der Waals surface area contributed by atoms with Crippen molar-refractivity contribution in [2.75, 3.05) is 7.11 Å². The van der Waals surface area contributed by atoms with Crippen LogP contribution in [0.5, 0.6) is 5.75 Å². The highest BCUT2D eigenvalue weighted by atomic mass is 16.5. The van der Waals surface area contributed by atoms with Gasteiger partial charge in [-0.1, -0.05) is 32.9 Å². The van der Waals surface area contributed by atoms with Crippen LogP contribution in [0, 0.1) is 0 Å². The van der Waals surface area contributed by atoms with Crippen LogP contribution in [-0.4, -0.2) is 24.2 Å². The van der Waals surface area contributed by atoms with Gasteiger partial charge in [0.25, 0.3) is 0 Å². The summed E-state index contributed by atoms with van der Waals surface area (Å²) in [7, 11) is 1.65. The second-order valence-electron chi connectivity index (χ2n) is 5.85. The van der Waals surface area contributed by atoms with E-state index in [0.29, 0.717) is 6.42 Å². The van der Waals surface area contributed by atoms with Gasteiger partial charge in [-0.25, -0.2) is 0 Å². The largest absolute Gasteiger partial charge is 0.496 e. The normalized spacial score (nSPS) is 13.1. The van der Waals surface area contributed by atoms with Gasteiger partial charge in [0.2, 0.25) is 0 Å². The monoisotopic (exact) mass is 265 g/mol. The molecule has 1 atom stereocenters. The van der Waals surface area contributed by atoms with E-state index < -0.39 is 5.97 Å². The van der Waals surface area contributed by atoms with Crippen LogP contribution >= 0.6 is 0 Å². The first-order chi connectivity index (χ1) is 8.74. The molecule has 0 aliphatic carbocycles. The Bertz CT molecular complexity index is 449. The van der Waals surface area contributed by atoms with Crippen LogP contribution in [0.25, 0.3) is 0 Å². The van der Waals surface area contributed by atoms with Gasteiger partial charge in [-0.05, 0) is 29.0 Å². The molecule has 0 radical (unpaired) electrons. The van der Waals surface area contributed by atoms with Crippen LogP contribution < -0.4 is 10.5 Å². The summed E-state index contributed by atoms with van der Waals surface area (Å²) in [5.41, 5.74) is 7.94. The van der Waals surface area contributed by atoms with Crippen molar-refractivity contribution in [2.45, 2.75) is 45.1 Å². The SMILES string of the molecule is COc1ccc(CC(N)CC(=O)O)cc1C(C)(C)C. The third-order valence-corrected chi connectivity index (χ3v) is 3.01. The third kappa shape index (κ3) is 4.56. The zero-order valence-electron chi connectivity index (χ0n) is 12.1. The summed E-state index contributed by atoms with van der Waals surface area (Å²) >= 11 is 0. The molecule has 0 amide bonds. The molecule has 0 heterocycles. The van der Waals surface area contributed by atoms with Gasteiger partial charge in [0.05, 0.1) is 13.5 Å². The lowest BCUT2D eigenvalue weighted by Crippen LogP contribution is -2.26. The minimum absolute atomic E-state index is 0.0170. The molecule has 1 unspecified atom stereocenters. The van der Waals surface area contributed by atoms with Crippen molar-refractivity contribution >= 4 is 5.97 Å². The number of carboxylic acid groups (broad SMARTS) is 1. The first-order valence-corrected chi connectivity index (χ1v) is 6.39. The molecule has 1 rings (SSSR count). The van der Waals surface area contributed by atoms with Crippen LogP contribution in [0.3, 0.4) is 0 Å². The molecule has 4 nitrogen and oxygen atoms in total. The molecule has 0 saturated heterocycles. The van der Waals surface area contributed by atoms with Crippen molar-refractivity contribution < 1.29 is 14.6 Å². The number of carboxylic acids is 1. The lowest BCUT2D eigenvalue weighted by atomic mass is 9.84. The molecular formula is C15H23NO3. The summed E-state index contributed by atoms with van der Waals surface area (Å²) in [4.78, 5) is 10.6. The zero-order chi connectivity index (χ0) is 14.6. The number of methoxy groups -OCH3 is 1. The number of nitrogens with two attached hydrogens (primary N) is 1. The molecule has 0 fully saturated rings. The highest BCUT2D eigenvalue weighted by Crippen LogP contribution is 2.32. The van der Waals surface area contributed by atoms with Gasteiger partial charge in [-0.2, -0.15) is 0 Å². The van der Waals surface area contributed by atoms with Crippen LogP contribution in [-0.2, 0) is 16.6 Å². The van der Waals surface area contributed by atoms with E-state index in [0.717, 1.165) is 16.9 Å². The van der Waals surface area contributed by atoms with E-state index in [-0.39, 0.29) is 17.9 Å². The van der Waals surface area contributed by atoms with E-state index in [9.17, 15) is 4.79 Å². The van der Waals surface area contributed by atoms with E-state index in [4.69, 9.17) is 15.6 Å². The van der Waals surface area contributed by atoms with E-state index >= 15 is 0 Å². The van der Waals surface area contributed by atoms with Gasteiger partial charge in [-0.3, -0.25) is 4.79 Å². The summed E-state index contributed by atoms with van der Waals surface area (Å²) in [6, 6.07) is 5.55. The van der Waals surface area contributed by atoms with E-state index in [1.807, 2.05) is 12.1 Å². The van der Waals surface area contributed by atoms with Crippen molar-refractivity contribution in [1.29, 1.82) is 0 Å². The maximum Gasteiger partial charge on any atom is 0.304 e. The molecule has 19 heavy (non-hydrogen) atoms. The van der Waals surface area contributed by atoms with E-state index in [1.54, 1.807) is 7.11 Å². The Kier molecular flexibility index (Phi) is 4.95. The Balaban J connectivity index is 2.96. The highest BCUT2D eigenvalue weighted by molar-refractivity contribution is 5.67. The topological polar surface area (TPSA) is 72.5 Å². The summed E-state index contributed by atoms with van der Waals surface area (Å²) in [5.74, 6) is -0.0138. The second kappa shape index (κ2) is 6.06. The van der Waals surface area contributed by atoms with Gasteiger partial charge >= 0.3 is 5.97 Å². The Hall–Kier alpha value is -1.55. The molecule has 0 aliphatic heterocycles. The Morgan fingerprint density at radius 2 is 2.05 bits per heavy atom. The fourth-order valence-electron chi connectivity index (χ4n) is 2.07. The number of aliphatic carboxylic acids is 1. The molecule has 1 aromatic rings. The lowest BCUT2D eigenvalue weighted by molar-refractivity contribution is -0.137. The summed E-state index contributed by atoms with van der Waals surface area (Å²) in [6.07, 6.45) is 0.538. The zero-order valence-corrected chi connectivity index (χ0v) is 12.1. The second-order valence-corrected chi connectivity index (χ2v) is 5.85. The molecule has 3 N–H and O–H groups in total. The van der Waals surface area contributed by atoms with Crippen LogP contribution in [0.4, 0.5) is 0 Å². The quantitative estimate of drug-likeness (QED) is 0.857. The summed E-state index contributed by atoms with van der Waals surface area (Å²) in [5, 5.41) is 8.73. The Morgan fingerprint density at radius 3 is 2.53 bits per heavy atom. The summed E-state index contributed by atoms with van der Waals surface area (Å²) < 4.78 is 5.37. The fourth-order valence-corrected chi connectivity index (χ4v) is 2.07. The molecule has 0 spiro atoms. The van der Waals surface area contributed by atoms with Crippen molar-refractivity contribution in [3.63, 3.8) is 0 Å². The molecule has 1 aromatic carbocycles. The molecule has 106 valence electrons. The predicted octanol–water partition coefficient (Wildman–Crippen LogP) is 2.34. The highest BCUT2D eigenvalue weighted by Gasteiger charge is 2.20. The average molecular weight is 265 g/mol. The molecule has 4 heteroatoms. The summed E-state index contributed by atoms with van der Waals surface area (Å²) in [6.45, 7) is 6.35. The Morgan fingerprint density at radius 1 is 1.42 bits per heavy atom. The maximum absolute atomic E-state index is 10.6. The lowest BCUT2D eigenvalue weighted by Gasteiger charge is -2.23. The standard InChI is InChI=1S/C15H23NO3/c1-15(2,3)12-8-10(5-6-13(12)19-4)7-11(16)9-14(17)18/h5-6,8,11H,7,9,16H2,1-4H3,(H,17,18). The van der Waals surface area contributed by atoms with E-state index in [1.165, 1.54) is 0 Å². The first kappa shape index (κ1) is 15.5. The van der Waals surface area contributed by atoms with Crippen molar-refractivity contribution in [3.05, 3.63) is 29.3 Å². The number of hydrogen-bond acceptors (Lipinski definition) is 3. The first-order valence-electron chi connectivity index (χ1n) is 6.39. The van der Waals surface area contributed by atoms with Crippen molar-refractivity contribution in [1.82, 2.24) is 0 Å².